The zero-order valence-corrected chi connectivity index (χ0v) is 12.3. The van der Waals surface area contributed by atoms with E-state index in [1.807, 2.05) is 19.1 Å². The molecule has 0 spiro atoms. The van der Waals surface area contributed by atoms with Crippen molar-refractivity contribution in [3.8, 4) is 0 Å². The minimum absolute atomic E-state index is 0.156. The van der Waals surface area contributed by atoms with Crippen molar-refractivity contribution < 1.29 is 13.3 Å². The van der Waals surface area contributed by atoms with Crippen molar-refractivity contribution in [1.29, 1.82) is 0 Å². The minimum atomic E-state index is -3.92. The van der Waals surface area contributed by atoms with Crippen LogP contribution in [0.5, 0.6) is 0 Å². The Kier molecular flexibility index (Phi) is 3.18. The molecule has 1 N–H and O–H groups in total. The third-order valence-electron chi connectivity index (χ3n) is 3.23. The van der Waals surface area contributed by atoms with Gasteiger partial charge in [0.05, 0.1) is 4.92 Å². The second-order valence-electron chi connectivity index (χ2n) is 4.84. The van der Waals surface area contributed by atoms with Gasteiger partial charge < -0.3 is 5.32 Å². The Balaban J connectivity index is 2.02. The molecular weight excluding hydrogens is 306 g/mol. The molecule has 0 bridgehead atoms. The van der Waals surface area contributed by atoms with Crippen LogP contribution in [0.15, 0.2) is 51.8 Å². The number of anilines is 1. The Morgan fingerprint density at radius 3 is 2.45 bits per heavy atom. The highest BCUT2D eigenvalue weighted by molar-refractivity contribution is 7.90. The maximum Gasteiger partial charge on any atom is 0.285 e. The summed E-state index contributed by atoms with van der Waals surface area (Å²) in [5.74, 6) is 0.161. The van der Waals surface area contributed by atoms with E-state index in [1.165, 1.54) is 12.1 Å². The SMILES string of the molecule is Cc1ccc(NC2=NS(=O)(=O)c3cc([N+](=O)[O-])ccc32)cc1. The standard InChI is InChI=1S/C14H11N3O4S/c1-9-2-4-10(5-3-9)15-14-12-7-6-11(17(18)19)8-13(12)22(20,21)16-14/h2-8H,1H3,(H,15,16). The van der Waals surface area contributed by atoms with Crippen molar-refractivity contribution >= 4 is 27.2 Å². The molecular formula is C14H11N3O4S. The van der Waals surface area contributed by atoms with E-state index >= 15 is 0 Å². The first kappa shape index (κ1) is 14.2. The predicted octanol–water partition coefficient (Wildman–Crippen LogP) is 2.46. The first-order valence-electron chi connectivity index (χ1n) is 6.34. The number of hydrogen-bond acceptors (Lipinski definition) is 5. The summed E-state index contributed by atoms with van der Waals surface area (Å²) < 4.78 is 27.7. The summed E-state index contributed by atoms with van der Waals surface area (Å²) in [7, 11) is -3.92. The number of aryl methyl sites for hydroxylation is 1. The third kappa shape index (κ3) is 2.44. The van der Waals surface area contributed by atoms with Crippen molar-refractivity contribution in [3.05, 3.63) is 63.7 Å². The fourth-order valence-electron chi connectivity index (χ4n) is 2.12. The monoisotopic (exact) mass is 317 g/mol. The molecule has 0 amide bonds. The van der Waals surface area contributed by atoms with Crippen molar-refractivity contribution in [1.82, 2.24) is 0 Å². The second kappa shape index (κ2) is 4.92. The van der Waals surface area contributed by atoms with E-state index < -0.39 is 14.9 Å². The Labute approximate surface area is 126 Å². The van der Waals surface area contributed by atoms with Crippen LogP contribution in [0, 0.1) is 17.0 Å². The van der Waals surface area contributed by atoms with Crippen LogP contribution in [0.2, 0.25) is 0 Å². The summed E-state index contributed by atoms with van der Waals surface area (Å²) in [5.41, 5.74) is 1.80. The average molecular weight is 317 g/mol. The van der Waals surface area contributed by atoms with Gasteiger partial charge >= 0.3 is 0 Å². The van der Waals surface area contributed by atoms with E-state index in [-0.39, 0.29) is 16.4 Å². The van der Waals surface area contributed by atoms with Gasteiger partial charge in [-0.05, 0) is 25.1 Å². The lowest BCUT2D eigenvalue weighted by Gasteiger charge is -2.06. The van der Waals surface area contributed by atoms with Gasteiger partial charge in [0, 0.05) is 23.4 Å². The van der Waals surface area contributed by atoms with Gasteiger partial charge in [-0.2, -0.15) is 8.42 Å². The topological polar surface area (TPSA) is 102 Å². The number of benzene rings is 2. The molecule has 112 valence electrons. The van der Waals surface area contributed by atoms with Crippen LogP contribution < -0.4 is 5.32 Å². The summed E-state index contributed by atoms with van der Waals surface area (Å²) in [6.07, 6.45) is 0. The molecule has 1 heterocycles. The van der Waals surface area contributed by atoms with Crippen molar-refractivity contribution in [3.63, 3.8) is 0 Å². The van der Waals surface area contributed by atoms with Crippen molar-refractivity contribution in [2.45, 2.75) is 11.8 Å². The number of nitrogens with one attached hydrogen (secondary N) is 1. The molecule has 1 aliphatic rings. The zero-order chi connectivity index (χ0) is 15.9. The largest absolute Gasteiger partial charge is 0.339 e. The molecule has 0 saturated heterocycles. The van der Waals surface area contributed by atoms with E-state index in [4.69, 9.17) is 0 Å². The molecule has 2 aromatic carbocycles. The first-order valence-corrected chi connectivity index (χ1v) is 7.78. The van der Waals surface area contributed by atoms with Gasteiger partial charge in [0.15, 0.2) is 5.84 Å². The molecule has 0 saturated carbocycles. The van der Waals surface area contributed by atoms with Crippen LogP contribution in [0.3, 0.4) is 0 Å². The van der Waals surface area contributed by atoms with Gasteiger partial charge in [-0.15, -0.1) is 4.40 Å². The number of nitro benzene ring substituents is 1. The van der Waals surface area contributed by atoms with Crippen LogP contribution >= 0.6 is 0 Å². The first-order chi connectivity index (χ1) is 10.4. The Morgan fingerprint density at radius 2 is 1.82 bits per heavy atom. The maximum absolute atomic E-state index is 12.0. The molecule has 8 heteroatoms. The van der Waals surface area contributed by atoms with Gasteiger partial charge in [-0.1, -0.05) is 17.7 Å². The van der Waals surface area contributed by atoms with E-state index in [9.17, 15) is 18.5 Å². The van der Waals surface area contributed by atoms with Crippen LogP contribution in [0.4, 0.5) is 11.4 Å². The molecule has 22 heavy (non-hydrogen) atoms. The van der Waals surface area contributed by atoms with Gasteiger partial charge in [-0.25, -0.2) is 0 Å². The second-order valence-corrected chi connectivity index (χ2v) is 6.42. The Bertz CT molecular complexity index is 902. The summed E-state index contributed by atoms with van der Waals surface area (Å²) in [4.78, 5) is 9.98. The molecule has 7 nitrogen and oxygen atoms in total. The lowest BCUT2D eigenvalue weighted by molar-refractivity contribution is -0.385. The smallest absolute Gasteiger partial charge is 0.285 e. The van der Waals surface area contributed by atoms with E-state index in [1.54, 1.807) is 12.1 Å². The Morgan fingerprint density at radius 1 is 1.14 bits per heavy atom. The molecule has 0 radical (unpaired) electrons. The zero-order valence-electron chi connectivity index (χ0n) is 11.5. The van der Waals surface area contributed by atoms with Crippen LogP contribution in [-0.2, 0) is 10.0 Å². The maximum atomic E-state index is 12.0. The molecule has 1 aliphatic heterocycles. The summed E-state index contributed by atoms with van der Waals surface area (Å²) >= 11 is 0. The highest BCUT2D eigenvalue weighted by Gasteiger charge is 2.31. The molecule has 0 fully saturated rings. The Hall–Kier alpha value is -2.74. The molecule has 3 rings (SSSR count). The summed E-state index contributed by atoms with van der Waals surface area (Å²) in [6.45, 7) is 1.94. The average Bonchev–Trinajstić information content (AvgIpc) is 2.72. The number of nitro groups is 1. The number of amidine groups is 1. The van der Waals surface area contributed by atoms with Crippen LogP contribution in [0.25, 0.3) is 0 Å². The molecule has 0 aromatic heterocycles. The lowest BCUT2D eigenvalue weighted by Crippen LogP contribution is -2.11. The van der Waals surface area contributed by atoms with E-state index in [0.29, 0.717) is 11.3 Å². The van der Waals surface area contributed by atoms with Crippen molar-refractivity contribution in [2.75, 3.05) is 5.32 Å². The summed E-state index contributed by atoms with van der Waals surface area (Å²) in [5, 5.41) is 13.7. The molecule has 0 aliphatic carbocycles. The number of non-ortho nitro benzene ring substituents is 1. The molecule has 0 atom stereocenters. The van der Waals surface area contributed by atoms with E-state index in [0.717, 1.165) is 11.6 Å². The molecule has 0 unspecified atom stereocenters. The number of nitrogens with zero attached hydrogens (tertiary/aromatic N) is 2. The van der Waals surface area contributed by atoms with Gasteiger partial charge in [0.25, 0.3) is 15.7 Å². The van der Waals surface area contributed by atoms with Crippen LogP contribution in [-0.4, -0.2) is 19.2 Å². The quantitative estimate of drug-likeness (QED) is 0.677. The number of rotatable bonds is 2. The van der Waals surface area contributed by atoms with Crippen LogP contribution in [0.1, 0.15) is 11.1 Å². The summed E-state index contributed by atoms with van der Waals surface area (Å²) in [6, 6.07) is 11.0. The van der Waals surface area contributed by atoms with Gasteiger partial charge in [-0.3, -0.25) is 10.1 Å². The molecule has 2 aromatic rings. The number of sulfonamides is 1. The number of hydrogen-bond donors (Lipinski definition) is 1. The van der Waals surface area contributed by atoms with Crippen molar-refractivity contribution in [2.24, 2.45) is 4.40 Å². The highest BCUT2D eigenvalue weighted by Crippen LogP contribution is 2.30. The normalized spacial score (nSPS) is 15.0. The lowest BCUT2D eigenvalue weighted by atomic mass is 10.1. The predicted molar refractivity (Wildman–Crippen MR) is 81.6 cm³/mol. The number of fused-ring (bicyclic) bond motifs is 1. The van der Waals surface area contributed by atoms with E-state index in [2.05, 4.69) is 9.71 Å². The minimum Gasteiger partial charge on any atom is -0.339 e. The van der Waals surface area contributed by atoms with Gasteiger partial charge in [0.1, 0.15) is 4.90 Å². The fraction of sp³-hybridized carbons (Fsp3) is 0.0714. The fourth-order valence-corrected chi connectivity index (χ4v) is 3.31. The van der Waals surface area contributed by atoms with Gasteiger partial charge in [0.2, 0.25) is 0 Å². The third-order valence-corrected chi connectivity index (χ3v) is 4.55. The highest BCUT2D eigenvalue weighted by atomic mass is 32.2.